The van der Waals surface area contributed by atoms with Gasteiger partial charge in [-0.1, -0.05) is 0 Å². The summed E-state index contributed by atoms with van der Waals surface area (Å²) in [6, 6.07) is 10.3. The van der Waals surface area contributed by atoms with E-state index in [-0.39, 0.29) is 11.9 Å². The molecule has 0 saturated carbocycles. The van der Waals surface area contributed by atoms with Gasteiger partial charge in [-0.15, -0.1) is 0 Å². The fraction of sp³-hybridized carbons (Fsp3) is 0.409. The number of methoxy groups -OCH3 is 1. The molecule has 0 saturated heterocycles. The Balaban J connectivity index is 1.87. The fourth-order valence-corrected chi connectivity index (χ4v) is 4.22. The van der Waals surface area contributed by atoms with E-state index in [4.69, 9.17) is 9.47 Å². The van der Waals surface area contributed by atoms with Gasteiger partial charge >= 0.3 is 0 Å². The summed E-state index contributed by atoms with van der Waals surface area (Å²) < 4.78 is 36.2. The smallest absolute Gasteiger partial charge is 0.251 e. The lowest BCUT2D eigenvalue weighted by Gasteiger charge is -2.38. The zero-order valence-corrected chi connectivity index (χ0v) is 19.0. The lowest BCUT2D eigenvalue weighted by Crippen LogP contribution is -2.41. The first-order chi connectivity index (χ1) is 13.9. The molecule has 1 N–H and O–H groups in total. The summed E-state index contributed by atoms with van der Waals surface area (Å²) in [4.78, 5) is 13.0. The molecule has 2 aromatic rings. The van der Waals surface area contributed by atoms with Crippen LogP contribution in [-0.4, -0.2) is 40.3 Å². The van der Waals surface area contributed by atoms with Crippen LogP contribution in [0.15, 0.2) is 36.4 Å². The number of aryl methyl sites for hydroxylation is 1. The number of hydrogen-bond acceptors (Lipinski definition) is 5. The van der Waals surface area contributed by atoms with Gasteiger partial charge in [0.1, 0.15) is 17.1 Å². The number of carbonyl (C=O) groups excluding carboxylic acids is 1. The van der Waals surface area contributed by atoms with Crippen LogP contribution >= 0.6 is 0 Å². The van der Waals surface area contributed by atoms with Crippen molar-refractivity contribution in [1.82, 2.24) is 5.32 Å². The van der Waals surface area contributed by atoms with E-state index in [0.717, 1.165) is 11.8 Å². The molecule has 1 aliphatic rings. The van der Waals surface area contributed by atoms with Crippen LogP contribution in [0.1, 0.15) is 47.8 Å². The average molecular weight is 433 g/mol. The second-order valence-electron chi connectivity index (χ2n) is 8.23. The van der Waals surface area contributed by atoms with Crippen molar-refractivity contribution in [1.29, 1.82) is 0 Å². The summed E-state index contributed by atoms with van der Waals surface area (Å²) in [6.07, 6.45) is 1.76. The van der Waals surface area contributed by atoms with Gasteiger partial charge in [0.05, 0.1) is 25.1 Å². The number of benzene rings is 2. The Morgan fingerprint density at radius 3 is 2.53 bits per heavy atom. The molecule has 0 aliphatic carbocycles. The highest BCUT2D eigenvalue weighted by atomic mass is 32.2. The van der Waals surface area contributed by atoms with Gasteiger partial charge in [0, 0.05) is 30.7 Å². The third-order valence-corrected chi connectivity index (χ3v) is 6.47. The van der Waals surface area contributed by atoms with Crippen LogP contribution < -0.4 is 19.1 Å². The number of fused-ring (bicyclic) bond motifs is 1. The number of rotatable bonds is 5. The summed E-state index contributed by atoms with van der Waals surface area (Å²) in [5.41, 5.74) is 2.16. The highest BCUT2D eigenvalue weighted by Gasteiger charge is 2.35. The minimum atomic E-state index is -3.38. The molecule has 3 rings (SSSR count). The molecule has 1 heterocycles. The topological polar surface area (TPSA) is 84.9 Å². The molecule has 30 heavy (non-hydrogen) atoms. The van der Waals surface area contributed by atoms with E-state index in [2.05, 4.69) is 5.32 Å². The number of nitrogens with one attached hydrogen (secondary N) is 1. The van der Waals surface area contributed by atoms with Gasteiger partial charge in [0.15, 0.2) is 0 Å². The van der Waals surface area contributed by atoms with Crippen LogP contribution in [0.25, 0.3) is 0 Å². The van der Waals surface area contributed by atoms with Gasteiger partial charge in [0.2, 0.25) is 10.0 Å². The Labute approximate surface area is 178 Å². The van der Waals surface area contributed by atoms with Crippen molar-refractivity contribution in [3.05, 3.63) is 53.1 Å². The Kier molecular flexibility index (Phi) is 5.73. The van der Waals surface area contributed by atoms with Gasteiger partial charge in [-0.3, -0.25) is 9.10 Å². The molecule has 0 bridgehead atoms. The van der Waals surface area contributed by atoms with Crippen LogP contribution in [0.4, 0.5) is 5.69 Å². The first kappa shape index (κ1) is 22.0. The quantitative estimate of drug-likeness (QED) is 0.782. The van der Waals surface area contributed by atoms with E-state index >= 15 is 0 Å². The lowest BCUT2D eigenvalue weighted by molar-refractivity contribution is 0.0617. The highest BCUT2D eigenvalue weighted by molar-refractivity contribution is 7.92. The van der Waals surface area contributed by atoms with E-state index in [1.165, 1.54) is 11.4 Å². The summed E-state index contributed by atoms with van der Waals surface area (Å²) >= 11 is 0. The standard InChI is InChI=1S/C22H28N2O5S/c1-14-11-15(7-10-19(14)24(4)30(6,26)27)21(25)23-18-13-22(2,3)29-20-12-16(28-5)8-9-17(18)20/h7-12,18H,13H2,1-6H3,(H,23,25). The summed E-state index contributed by atoms with van der Waals surface area (Å²) in [7, 11) is -0.286. The zero-order valence-electron chi connectivity index (χ0n) is 18.1. The van der Waals surface area contributed by atoms with Crippen LogP contribution in [0.5, 0.6) is 11.5 Å². The second-order valence-corrected chi connectivity index (χ2v) is 10.2. The maximum atomic E-state index is 13.0. The molecule has 1 aliphatic heterocycles. The number of anilines is 1. The Bertz CT molecular complexity index is 1080. The van der Waals surface area contributed by atoms with Gasteiger partial charge in [-0.2, -0.15) is 0 Å². The first-order valence-corrected chi connectivity index (χ1v) is 11.5. The summed E-state index contributed by atoms with van der Waals surface area (Å²) in [6.45, 7) is 5.75. The summed E-state index contributed by atoms with van der Waals surface area (Å²) in [5, 5.41) is 3.10. The molecule has 1 amide bonds. The van der Waals surface area contributed by atoms with Gasteiger partial charge in [-0.25, -0.2) is 8.42 Å². The maximum Gasteiger partial charge on any atom is 0.251 e. The molecule has 0 aromatic heterocycles. The molecule has 0 fully saturated rings. The number of ether oxygens (including phenoxy) is 2. The Hall–Kier alpha value is -2.74. The average Bonchev–Trinajstić information content (AvgIpc) is 2.65. The molecular formula is C22H28N2O5S. The molecule has 8 heteroatoms. The number of amides is 1. The number of nitrogens with zero attached hydrogens (tertiary/aromatic N) is 1. The molecule has 0 radical (unpaired) electrons. The van der Waals surface area contributed by atoms with Gasteiger partial charge < -0.3 is 14.8 Å². The Morgan fingerprint density at radius 2 is 1.93 bits per heavy atom. The van der Waals surface area contributed by atoms with Crippen LogP contribution in [0.3, 0.4) is 0 Å². The fourth-order valence-electron chi connectivity index (χ4n) is 3.66. The molecule has 1 atom stereocenters. The maximum absolute atomic E-state index is 13.0. The lowest BCUT2D eigenvalue weighted by atomic mass is 9.89. The number of sulfonamides is 1. The number of hydrogen-bond donors (Lipinski definition) is 1. The van der Waals surface area contributed by atoms with Crippen LogP contribution in [-0.2, 0) is 10.0 Å². The second kappa shape index (κ2) is 7.83. The van der Waals surface area contributed by atoms with Crippen molar-refractivity contribution in [3.8, 4) is 11.5 Å². The monoisotopic (exact) mass is 432 g/mol. The van der Waals surface area contributed by atoms with E-state index in [9.17, 15) is 13.2 Å². The number of carbonyl (C=O) groups is 1. The molecule has 7 nitrogen and oxygen atoms in total. The third-order valence-electron chi connectivity index (χ3n) is 5.28. The zero-order chi connectivity index (χ0) is 22.3. The largest absolute Gasteiger partial charge is 0.497 e. The minimum Gasteiger partial charge on any atom is -0.497 e. The van der Waals surface area contributed by atoms with Crippen molar-refractivity contribution in [2.24, 2.45) is 0 Å². The van der Waals surface area contributed by atoms with Crippen LogP contribution in [0, 0.1) is 6.92 Å². The predicted molar refractivity (Wildman–Crippen MR) is 117 cm³/mol. The molecule has 1 unspecified atom stereocenters. The van der Waals surface area contributed by atoms with Gasteiger partial charge in [0.25, 0.3) is 5.91 Å². The van der Waals surface area contributed by atoms with E-state index in [0.29, 0.717) is 34.7 Å². The van der Waals surface area contributed by atoms with Crippen molar-refractivity contribution in [2.45, 2.75) is 38.8 Å². The van der Waals surface area contributed by atoms with Crippen molar-refractivity contribution in [2.75, 3.05) is 24.7 Å². The first-order valence-electron chi connectivity index (χ1n) is 9.63. The molecule has 2 aromatic carbocycles. The van der Waals surface area contributed by atoms with Crippen molar-refractivity contribution in [3.63, 3.8) is 0 Å². The molecule has 162 valence electrons. The van der Waals surface area contributed by atoms with E-state index in [1.807, 2.05) is 32.0 Å². The third kappa shape index (κ3) is 4.53. The van der Waals surface area contributed by atoms with Crippen molar-refractivity contribution < 1.29 is 22.7 Å². The van der Waals surface area contributed by atoms with Crippen molar-refractivity contribution >= 4 is 21.6 Å². The molecular weight excluding hydrogens is 404 g/mol. The molecule has 0 spiro atoms. The van der Waals surface area contributed by atoms with Crippen LogP contribution in [0.2, 0.25) is 0 Å². The summed E-state index contributed by atoms with van der Waals surface area (Å²) in [5.74, 6) is 1.16. The highest BCUT2D eigenvalue weighted by Crippen LogP contribution is 2.41. The van der Waals surface area contributed by atoms with E-state index < -0.39 is 15.6 Å². The van der Waals surface area contributed by atoms with Gasteiger partial charge in [-0.05, 0) is 56.7 Å². The van der Waals surface area contributed by atoms with E-state index in [1.54, 1.807) is 32.2 Å². The SMILES string of the molecule is COc1ccc2c(c1)OC(C)(C)CC2NC(=O)c1ccc(N(C)S(C)(=O)=O)c(C)c1. The predicted octanol–water partition coefficient (Wildman–Crippen LogP) is 3.43. The Morgan fingerprint density at radius 1 is 1.23 bits per heavy atom. The normalized spacial score (nSPS) is 17.5. The minimum absolute atomic E-state index is 0.221.